The molecule has 0 aromatic heterocycles. The molecular weight excluding hydrogens is 313 g/mol. The van der Waals surface area contributed by atoms with Gasteiger partial charge in [-0.1, -0.05) is 0 Å². The van der Waals surface area contributed by atoms with Gasteiger partial charge in [0.05, 0.1) is 39.1 Å². The van der Waals surface area contributed by atoms with Crippen molar-refractivity contribution in [1.29, 1.82) is 0 Å². The summed E-state index contributed by atoms with van der Waals surface area (Å²) in [5.74, 6) is 0. The van der Waals surface area contributed by atoms with Crippen LogP contribution in [0.5, 0.6) is 0 Å². The molecule has 0 saturated carbocycles. The van der Waals surface area contributed by atoms with Gasteiger partial charge < -0.3 is 18.9 Å². The maximum Gasteiger partial charge on any atom is 0.115 e. The summed E-state index contributed by atoms with van der Waals surface area (Å²) in [5, 5.41) is 0. The van der Waals surface area contributed by atoms with E-state index in [1.165, 1.54) is 0 Å². The number of hydrogen-bond donors (Lipinski definition) is 0. The Morgan fingerprint density at radius 2 is 2.25 bits per heavy atom. The molecule has 3 fully saturated rings. The number of hydrogen-bond acceptors (Lipinski definition) is 5. The first kappa shape index (κ1) is 18.5. The molecule has 0 aliphatic carbocycles. The molecule has 6 heteroatoms. The average Bonchev–Trinajstić information content (AvgIpc) is 3.07. The summed E-state index contributed by atoms with van der Waals surface area (Å²) in [6.07, 6.45) is 3.16. The summed E-state index contributed by atoms with van der Waals surface area (Å²) in [6.45, 7) is 8.52. The predicted molar refractivity (Wildman–Crippen MR) is 89.1 cm³/mol. The van der Waals surface area contributed by atoms with Crippen LogP contribution >= 0.6 is 0 Å². The zero-order valence-corrected chi connectivity index (χ0v) is 15.0. The second-order valence-electron chi connectivity index (χ2n) is 7.46. The van der Waals surface area contributed by atoms with Gasteiger partial charge in [0.15, 0.2) is 0 Å². The van der Waals surface area contributed by atoms with E-state index in [2.05, 4.69) is 11.8 Å². The highest BCUT2D eigenvalue weighted by Crippen LogP contribution is 2.44. The van der Waals surface area contributed by atoms with Crippen LogP contribution in [0, 0.1) is 0 Å². The molecule has 3 aliphatic rings. The van der Waals surface area contributed by atoms with Gasteiger partial charge in [-0.3, -0.25) is 4.90 Å². The van der Waals surface area contributed by atoms with Crippen molar-refractivity contribution in [3.63, 3.8) is 0 Å². The lowest BCUT2D eigenvalue weighted by Crippen LogP contribution is -2.46. The van der Waals surface area contributed by atoms with Crippen LogP contribution in [0.3, 0.4) is 0 Å². The number of fused-ring (bicyclic) bond motifs is 1. The van der Waals surface area contributed by atoms with E-state index >= 15 is 0 Å². The van der Waals surface area contributed by atoms with E-state index in [1.54, 1.807) is 0 Å². The number of nitrogens with zero attached hydrogens (tertiary/aromatic N) is 1. The molecule has 24 heavy (non-hydrogen) atoms. The summed E-state index contributed by atoms with van der Waals surface area (Å²) in [6, 6.07) is 0.393. The molecule has 140 valence electrons. The third-order valence-corrected chi connectivity index (χ3v) is 5.62. The maximum atomic E-state index is 14.1. The minimum atomic E-state index is -0.725. The van der Waals surface area contributed by atoms with Gasteiger partial charge in [-0.2, -0.15) is 0 Å². The van der Waals surface area contributed by atoms with Gasteiger partial charge in [-0.05, 0) is 33.1 Å². The Labute approximate surface area is 144 Å². The Morgan fingerprint density at radius 1 is 1.38 bits per heavy atom. The monoisotopic (exact) mass is 345 g/mol. The fourth-order valence-electron chi connectivity index (χ4n) is 4.48. The topological polar surface area (TPSA) is 40.2 Å². The Morgan fingerprint density at radius 3 is 3.00 bits per heavy atom. The van der Waals surface area contributed by atoms with Gasteiger partial charge in [-0.25, -0.2) is 4.39 Å². The van der Waals surface area contributed by atoms with Gasteiger partial charge >= 0.3 is 0 Å². The van der Waals surface area contributed by atoms with Crippen molar-refractivity contribution in [3.8, 4) is 0 Å². The van der Waals surface area contributed by atoms with Crippen LogP contribution in [0.4, 0.5) is 4.39 Å². The molecule has 3 heterocycles. The summed E-state index contributed by atoms with van der Waals surface area (Å²) >= 11 is 0. The van der Waals surface area contributed by atoms with Gasteiger partial charge in [0, 0.05) is 31.2 Å². The standard InChI is InChI=1S/C18H32FNO4/c1-3-21-13-18-5-4-16(20(18)10-15(19)9-18)8-14(2)24-12-17-11-22-6-7-23-17/h14-17H,3-13H2,1-2H3. The lowest BCUT2D eigenvalue weighted by molar-refractivity contribution is -0.125. The van der Waals surface area contributed by atoms with E-state index in [9.17, 15) is 4.39 Å². The van der Waals surface area contributed by atoms with Crippen LogP contribution in [0.1, 0.15) is 39.5 Å². The van der Waals surface area contributed by atoms with Crippen molar-refractivity contribution in [1.82, 2.24) is 4.90 Å². The molecule has 0 spiro atoms. The van der Waals surface area contributed by atoms with Crippen LogP contribution in [0.25, 0.3) is 0 Å². The van der Waals surface area contributed by atoms with E-state index in [1.807, 2.05) is 6.92 Å². The highest BCUT2D eigenvalue weighted by atomic mass is 19.1. The lowest BCUT2D eigenvalue weighted by Gasteiger charge is -2.35. The van der Waals surface area contributed by atoms with E-state index < -0.39 is 6.17 Å². The minimum absolute atomic E-state index is 0.0452. The second-order valence-corrected chi connectivity index (χ2v) is 7.46. The van der Waals surface area contributed by atoms with E-state index in [4.69, 9.17) is 18.9 Å². The Hall–Kier alpha value is -0.270. The molecule has 0 amide bonds. The molecule has 5 nitrogen and oxygen atoms in total. The summed E-state index contributed by atoms with van der Waals surface area (Å²) in [7, 11) is 0. The Bertz CT molecular complexity index is 393. The average molecular weight is 345 g/mol. The molecule has 0 aromatic rings. The first-order chi connectivity index (χ1) is 11.6. The van der Waals surface area contributed by atoms with Gasteiger partial charge in [0.2, 0.25) is 0 Å². The Kier molecular flexibility index (Phi) is 6.49. The molecule has 0 N–H and O–H groups in total. The second kappa shape index (κ2) is 8.41. The molecular formula is C18H32FNO4. The Balaban J connectivity index is 1.48. The molecule has 3 rings (SSSR count). The molecule has 0 radical (unpaired) electrons. The van der Waals surface area contributed by atoms with Crippen molar-refractivity contribution < 1.29 is 23.3 Å². The smallest absolute Gasteiger partial charge is 0.115 e. The van der Waals surface area contributed by atoms with Crippen LogP contribution in [-0.2, 0) is 18.9 Å². The van der Waals surface area contributed by atoms with Crippen molar-refractivity contribution >= 4 is 0 Å². The van der Waals surface area contributed by atoms with Crippen LogP contribution < -0.4 is 0 Å². The van der Waals surface area contributed by atoms with E-state index in [0.29, 0.717) is 58.6 Å². The van der Waals surface area contributed by atoms with Gasteiger partial charge in [0.1, 0.15) is 12.3 Å². The van der Waals surface area contributed by atoms with Gasteiger partial charge in [-0.15, -0.1) is 0 Å². The minimum Gasteiger partial charge on any atom is -0.380 e. The normalized spacial score (nSPS) is 38.4. The number of alkyl halides is 1. The fourth-order valence-corrected chi connectivity index (χ4v) is 4.48. The summed E-state index contributed by atoms with van der Waals surface area (Å²) in [4.78, 5) is 2.37. The maximum absolute atomic E-state index is 14.1. The summed E-state index contributed by atoms with van der Waals surface area (Å²) in [5.41, 5.74) is -0.0832. The molecule has 5 atom stereocenters. The fraction of sp³-hybridized carbons (Fsp3) is 1.00. The zero-order valence-electron chi connectivity index (χ0n) is 15.0. The zero-order chi connectivity index (χ0) is 17.0. The first-order valence-electron chi connectivity index (χ1n) is 9.42. The molecule has 3 aliphatic heterocycles. The number of halogens is 1. The van der Waals surface area contributed by atoms with Crippen molar-refractivity contribution in [2.24, 2.45) is 0 Å². The lowest BCUT2D eigenvalue weighted by atomic mass is 9.94. The van der Waals surface area contributed by atoms with E-state index in [0.717, 1.165) is 19.3 Å². The molecule has 3 saturated heterocycles. The van der Waals surface area contributed by atoms with Crippen molar-refractivity contribution in [2.75, 3.05) is 46.2 Å². The number of ether oxygens (including phenoxy) is 4. The largest absolute Gasteiger partial charge is 0.380 e. The quantitative estimate of drug-likeness (QED) is 0.674. The number of rotatable bonds is 8. The van der Waals surface area contributed by atoms with Crippen LogP contribution in [0.15, 0.2) is 0 Å². The SMILES string of the molecule is CCOCC12CCC(CC(C)OCC3COCCO3)N1CC(F)C2. The van der Waals surface area contributed by atoms with Crippen molar-refractivity contribution in [2.45, 2.75) is 69.5 Å². The van der Waals surface area contributed by atoms with Gasteiger partial charge in [0.25, 0.3) is 0 Å². The molecule has 0 aromatic carbocycles. The molecule has 0 bridgehead atoms. The highest BCUT2D eigenvalue weighted by Gasteiger charge is 2.52. The first-order valence-corrected chi connectivity index (χ1v) is 9.42. The highest BCUT2D eigenvalue weighted by molar-refractivity contribution is 5.07. The van der Waals surface area contributed by atoms with Crippen LogP contribution in [-0.4, -0.2) is 81.0 Å². The van der Waals surface area contributed by atoms with Crippen molar-refractivity contribution in [3.05, 3.63) is 0 Å². The molecule has 5 unspecified atom stereocenters. The van der Waals surface area contributed by atoms with Crippen LogP contribution in [0.2, 0.25) is 0 Å². The summed E-state index contributed by atoms with van der Waals surface area (Å²) < 4.78 is 36.7. The van der Waals surface area contributed by atoms with E-state index in [-0.39, 0.29) is 17.7 Å². The third-order valence-electron chi connectivity index (χ3n) is 5.62. The third kappa shape index (κ3) is 4.28. The predicted octanol–water partition coefficient (Wildman–Crippen LogP) is 2.18.